The molecule has 0 atom stereocenters. The molecule has 0 saturated carbocycles. The van der Waals surface area contributed by atoms with Gasteiger partial charge < -0.3 is 9.13 Å². The average Bonchev–Trinajstić information content (AvgIpc) is 3.87. The fourth-order valence-corrected chi connectivity index (χ4v) is 13.4. The Hall–Kier alpha value is -8.28. The van der Waals surface area contributed by atoms with E-state index >= 15 is 0 Å². The van der Waals surface area contributed by atoms with E-state index in [0.717, 1.165) is 11.4 Å². The Morgan fingerprint density at radius 2 is 0.630 bits per heavy atom. The third kappa shape index (κ3) is 5.74. The van der Waals surface area contributed by atoms with Gasteiger partial charge in [-0.15, -0.1) is 0 Å². The second-order valence-electron chi connectivity index (χ2n) is 23.0. The van der Waals surface area contributed by atoms with Crippen molar-refractivity contribution in [2.45, 2.75) is 52.4 Å². The molecule has 73 heavy (non-hydrogen) atoms. The van der Waals surface area contributed by atoms with E-state index in [9.17, 15) is 0 Å². The molecule has 2 aliphatic rings. The number of nitrogens with zero attached hydrogens (tertiary/aromatic N) is 4. The molecule has 0 saturated heterocycles. The van der Waals surface area contributed by atoms with E-state index in [1.807, 2.05) is 0 Å². The van der Waals surface area contributed by atoms with Crippen LogP contribution in [0.2, 0.25) is 0 Å². The van der Waals surface area contributed by atoms with Gasteiger partial charge in [0.1, 0.15) is 11.6 Å². The van der Waals surface area contributed by atoms with E-state index < -0.39 is 0 Å². The molecule has 0 aliphatic carbocycles. The molecule has 0 bridgehead atoms. The molecular formula is C68H55BN4. The SMILES string of the molecule is Cn1c2c(c3cc(C(C)(C)C)ccc31)B1c3c(cccc3N(c3ccc4c5ccccc5c5ccccc5c4c3)c3c1c1cc(C(C)(C)C)ccc1n3C)N2c1ccc2c3ccccc3c3ccccc3c2c1. The first-order valence-corrected chi connectivity index (χ1v) is 26.0. The maximum atomic E-state index is 2.61. The second kappa shape index (κ2) is 14.7. The summed E-state index contributed by atoms with van der Waals surface area (Å²) in [5.74, 6) is 2.43. The van der Waals surface area contributed by atoms with Crippen LogP contribution in [0.15, 0.2) is 188 Å². The zero-order valence-electron chi connectivity index (χ0n) is 42.8. The maximum Gasteiger partial charge on any atom is 0.257 e. The fraction of sp³-hybridized carbons (Fsp3) is 0.147. The Morgan fingerprint density at radius 3 is 0.973 bits per heavy atom. The number of rotatable bonds is 2. The number of hydrogen-bond donors (Lipinski definition) is 0. The van der Waals surface area contributed by atoms with E-state index in [2.05, 4.69) is 263 Å². The Kier molecular flexibility index (Phi) is 8.52. The van der Waals surface area contributed by atoms with E-state index in [-0.39, 0.29) is 17.5 Å². The molecule has 350 valence electrons. The quantitative estimate of drug-likeness (QED) is 0.127. The molecule has 5 heteroatoms. The molecule has 15 rings (SSSR count). The first-order valence-electron chi connectivity index (χ1n) is 26.0. The summed E-state index contributed by atoms with van der Waals surface area (Å²) in [5.41, 5.74) is 13.8. The van der Waals surface area contributed by atoms with Crippen LogP contribution in [0.25, 0.3) is 86.4 Å². The lowest BCUT2D eigenvalue weighted by Gasteiger charge is -2.43. The number of fused-ring (bicyclic) bond motifs is 20. The minimum Gasteiger partial charge on any atom is -0.330 e. The first kappa shape index (κ1) is 42.4. The van der Waals surface area contributed by atoms with Gasteiger partial charge in [0.25, 0.3) is 6.71 Å². The number of benzene rings is 11. The summed E-state index contributed by atoms with van der Waals surface area (Å²) in [7, 11) is 4.59. The van der Waals surface area contributed by atoms with Crippen molar-refractivity contribution in [1.29, 1.82) is 0 Å². The summed E-state index contributed by atoms with van der Waals surface area (Å²) in [6, 6.07) is 71.9. The van der Waals surface area contributed by atoms with E-state index in [1.54, 1.807) is 0 Å². The van der Waals surface area contributed by atoms with Crippen LogP contribution in [0, 0.1) is 0 Å². The van der Waals surface area contributed by atoms with Crippen LogP contribution in [0.5, 0.6) is 0 Å². The minimum absolute atomic E-state index is 0.0440. The van der Waals surface area contributed by atoms with Gasteiger partial charge in [0.2, 0.25) is 0 Å². The Balaban J connectivity index is 1.09. The van der Waals surface area contributed by atoms with Crippen molar-refractivity contribution < 1.29 is 0 Å². The van der Waals surface area contributed by atoms with Gasteiger partial charge in [-0.2, -0.15) is 0 Å². The predicted molar refractivity (Wildman–Crippen MR) is 316 cm³/mol. The molecular weight excluding hydrogens is 884 g/mol. The molecule has 2 aromatic heterocycles. The van der Waals surface area contributed by atoms with Crippen LogP contribution in [0.4, 0.5) is 34.4 Å². The van der Waals surface area contributed by atoms with Crippen LogP contribution < -0.4 is 26.2 Å². The van der Waals surface area contributed by atoms with Gasteiger partial charge in [-0.25, -0.2) is 0 Å². The van der Waals surface area contributed by atoms with Crippen molar-refractivity contribution >= 4 is 144 Å². The summed E-state index contributed by atoms with van der Waals surface area (Å²) < 4.78 is 4.98. The normalized spacial score (nSPS) is 13.7. The summed E-state index contributed by atoms with van der Waals surface area (Å²) >= 11 is 0. The lowest BCUT2D eigenvalue weighted by molar-refractivity contribution is 0.591. The Bertz CT molecular complexity index is 4220. The van der Waals surface area contributed by atoms with Gasteiger partial charge in [-0.05, 0) is 174 Å². The number of hydrogen-bond acceptors (Lipinski definition) is 2. The molecule has 0 radical (unpaired) electrons. The molecule has 13 aromatic rings. The fourth-order valence-electron chi connectivity index (χ4n) is 13.4. The smallest absolute Gasteiger partial charge is 0.257 e. The predicted octanol–water partition coefficient (Wildman–Crippen LogP) is 16.3. The molecule has 0 amide bonds. The van der Waals surface area contributed by atoms with Crippen molar-refractivity contribution in [3.63, 3.8) is 0 Å². The molecule has 4 heterocycles. The molecule has 0 fully saturated rings. The summed E-state index contributed by atoms with van der Waals surface area (Å²) in [6.07, 6.45) is 0. The highest BCUT2D eigenvalue weighted by Gasteiger charge is 2.48. The van der Waals surface area contributed by atoms with Crippen molar-refractivity contribution in [3.05, 3.63) is 199 Å². The van der Waals surface area contributed by atoms with Crippen LogP contribution in [-0.4, -0.2) is 15.8 Å². The maximum absolute atomic E-state index is 2.61. The highest BCUT2D eigenvalue weighted by atomic mass is 15.3. The summed E-state index contributed by atoms with van der Waals surface area (Å²) in [6.45, 7) is 14.0. The number of aryl methyl sites for hydroxylation is 2. The molecule has 4 nitrogen and oxygen atoms in total. The Labute approximate surface area is 426 Å². The average molecular weight is 939 g/mol. The van der Waals surface area contributed by atoms with E-state index in [1.165, 1.54) is 137 Å². The van der Waals surface area contributed by atoms with Gasteiger partial charge in [0, 0.05) is 47.9 Å². The third-order valence-electron chi connectivity index (χ3n) is 16.9. The van der Waals surface area contributed by atoms with Crippen LogP contribution in [-0.2, 0) is 24.9 Å². The highest BCUT2D eigenvalue weighted by Crippen LogP contribution is 2.50. The zero-order valence-corrected chi connectivity index (χ0v) is 42.8. The highest BCUT2D eigenvalue weighted by molar-refractivity contribution is 7.03. The standard InChI is InChI=1S/C68H55BN4/c1-67(2,3)40-28-34-58-56(36-40)62-65(70(58)7)72(42-30-32-52-48-22-11-9-18-44(48)46-20-13-15-24-50(46)54(52)38-42)60-26-17-27-61-64(60)69(62)63-57-37-41(68(4,5)6)29-35-59(57)71(8)66(63)73(61)43-31-33-53-49-23-12-10-19-45(49)47-21-14-16-25-51(47)55(53)39-43/h9-39H,1-8H3. The number of anilines is 6. The minimum atomic E-state index is -0.0722. The van der Waals surface area contributed by atoms with Crippen molar-refractivity contribution in [3.8, 4) is 0 Å². The van der Waals surface area contributed by atoms with E-state index in [4.69, 9.17) is 0 Å². The van der Waals surface area contributed by atoms with Gasteiger partial charge in [0.05, 0.1) is 0 Å². The first-order chi connectivity index (χ1) is 35.3. The molecule has 2 aliphatic heterocycles. The zero-order chi connectivity index (χ0) is 49.4. The van der Waals surface area contributed by atoms with Crippen LogP contribution >= 0.6 is 0 Å². The van der Waals surface area contributed by atoms with Crippen molar-refractivity contribution in [2.75, 3.05) is 9.80 Å². The lowest BCUT2D eigenvalue weighted by atomic mass is 9.33. The van der Waals surface area contributed by atoms with Gasteiger partial charge >= 0.3 is 0 Å². The van der Waals surface area contributed by atoms with E-state index in [0.29, 0.717) is 0 Å². The van der Waals surface area contributed by atoms with Gasteiger partial charge in [-0.1, -0.05) is 169 Å². The van der Waals surface area contributed by atoms with Crippen molar-refractivity contribution in [2.24, 2.45) is 14.1 Å². The second-order valence-corrected chi connectivity index (χ2v) is 23.0. The van der Waals surface area contributed by atoms with Crippen molar-refractivity contribution in [1.82, 2.24) is 9.13 Å². The number of aromatic nitrogens is 2. The summed E-state index contributed by atoms with van der Waals surface area (Å²) in [4.78, 5) is 5.22. The summed E-state index contributed by atoms with van der Waals surface area (Å²) in [5, 5.41) is 17.9. The largest absolute Gasteiger partial charge is 0.330 e. The molecule has 11 aromatic carbocycles. The molecule has 0 N–H and O–H groups in total. The molecule has 0 unspecified atom stereocenters. The van der Waals surface area contributed by atoms with Crippen LogP contribution in [0.1, 0.15) is 52.7 Å². The topological polar surface area (TPSA) is 16.3 Å². The van der Waals surface area contributed by atoms with Crippen LogP contribution in [0.3, 0.4) is 0 Å². The lowest BCUT2D eigenvalue weighted by Crippen LogP contribution is -2.61. The Morgan fingerprint density at radius 1 is 0.301 bits per heavy atom. The van der Waals surface area contributed by atoms with Gasteiger partial charge in [-0.3, -0.25) is 9.80 Å². The third-order valence-corrected chi connectivity index (χ3v) is 16.9. The van der Waals surface area contributed by atoms with Gasteiger partial charge in [0.15, 0.2) is 0 Å². The monoisotopic (exact) mass is 938 g/mol. The molecule has 0 spiro atoms.